The number of nitrogens with one attached hydrogen (secondary N) is 1. The summed E-state index contributed by atoms with van der Waals surface area (Å²) in [5, 5.41) is 7.05. The molecule has 0 radical (unpaired) electrons. The van der Waals surface area contributed by atoms with Gasteiger partial charge in [0.2, 0.25) is 0 Å². The molecule has 1 aliphatic rings. The number of piperidine rings is 1. The summed E-state index contributed by atoms with van der Waals surface area (Å²) in [5.41, 5.74) is 1.70. The highest BCUT2D eigenvalue weighted by molar-refractivity contribution is 5.97. The lowest BCUT2D eigenvalue weighted by Gasteiger charge is -2.32. The Hall–Kier alpha value is -2.34. The van der Waals surface area contributed by atoms with Crippen molar-refractivity contribution in [3.05, 3.63) is 47.8 Å². The molecule has 1 aromatic carbocycles. The Morgan fingerprint density at radius 2 is 2.21 bits per heavy atom. The number of aromatic amines is 1. The van der Waals surface area contributed by atoms with E-state index in [-0.39, 0.29) is 5.91 Å². The summed E-state index contributed by atoms with van der Waals surface area (Å²) in [4.78, 5) is 14.9. The molecule has 0 bridgehead atoms. The fourth-order valence-corrected chi connectivity index (χ4v) is 3.08. The van der Waals surface area contributed by atoms with Crippen molar-refractivity contribution in [1.82, 2.24) is 15.1 Å². The van der Waals surface area contributed by atoms with E-state index in [4.69, 9.17) is 9.47 Å². The van der Waals surface area contributed by atoms with Crippen LogP contribution < -0.4 is 4.74 Å². The van der Waals surface area contributed by atoms with Crippen molar-refractivity contribution in [2.75, 3.05) is 33.4 Å². The van der Waals surface area contributed by atoms with E-state index in [0.717, 1.165) is 25.1 Å². The number of amides is 1. The quantitative estimate of drug-likeness (QED) is 0.827. The van der Waals surface area contributed by atoms with E-state index in [1.165, 1.54) is 0 Å². The summed E-state index contributed by atoms with van der Waals surface area (Å²) in [6, 6.07) is 9.39. The number of aromatic nitrogens is 2. The predicted octanol–water partition coefficient (Wildman–Crippen LogP) is 2.45. The molecule has 2 aromatic rings. The lowest BCUT2D eigenvalue weighted by atomic mass is 9.94. The third-order valence-electron chi connectivity index (χ3n) is 4.33. The van der Waals surface area contributed by atoms with Crippen LogP contribution in [0.4, 0.5) is 0 Å². The molecule has 0 saturated carbocycles. The van der Waals surface area contributed by atoms with Crippen LogP contribution >= 0.6 is 0 Å². The molecule has 1 unspecified atom stereocenters. The van der Waals surface area contributed by atoms with E-state index in [1.807, 2.05) is 35.2 Å². The first-order valence-corrected chi connectivity index (χ1v) is 8.29. The molecule has 6 nitrogen and oxygen atoms in total. The Bertz CT molecular complexity index is 657. The van der Waals surface area contributed by atoms with Gasteiger partial charge in [-0.1, -0.05) is 12.1 Å². The van der Waals surface area contributed by atoms with Crippen molar-refractivity contribution in [3.8, 4) is 5.75 Å². The minimum Gasteiger partial charge on any atom is -0.490 e. The maximum Gasteiger partial charge on any atom is 0.257 e. The highest BCUT2D eigenvalue weighted by atomic mass is 16.5. The van der Waals surface area contributed by atoms with Gasteiger partial charge in [0.15, 0.2) is 0 Å². The van der Waals surface area contributed by atoms with Crippen LogP contribution in [0, 0.1) is 0 Å². The third-order valence-corrected chi connectivity index (χ3v) is 4.33. The van der Waals surface area contributed by atoms with Gasteiger partial charge in [0.1, 0.15) is 12.4 Å². The second-order valence-electron chi connectivity index (χ2n) is 5.94. The molecule has 1 N–H and O–H groups in total. The van der Waals surface area contributed by atoms with Gasteiger partial charge < -0.3 is 14.4 Å². The molecule has 3 rings (SSSR count). The molecule has 128 valence electrons. The van der Waals surface area contributed by atoms with E-state index in [2.05, 4.69) is 10.2 Å². The largest absolute Gasteiger partial charge is 0.490 e. The molecule has 1 atom stereocenters. The smallest absolute Gasteiger partial charge is 0.257 e. The average molecular weight is 329 g/mol. The molecule has 1 amide bonds. The van der Waals surface area contributed by atoms with Gasteiger partial charge in [-0.2, -0.15) is 5.10 Å². The Morgan fingerprint density at radius 1 is 1.33 bits per heavy atom. The molecule has 0 spiro atoms. The maximum atomic E-state index is 13.0. The topological polar surface area (TPSA) is 67.5 Å². The first-order chi connectivity index (χ1) is 11.8. The number of hydrogen-bond acceptors (Lipinski definition) is 4. The lowest BCUT2D eigenvalue weighted by molar-refractivity contribution is 0.0699. The molecule has 1 saturated heterocycles. The molecule has 1 aliphatic heterocycles. The maximum absolute atomic E-state index is 13.0. The van der Waals surface area contributed by atoms with E-state index in [9.17, 15) is 4.79 Å². The second kappa shape index (κ2) is 7.97. The number of likely N-dealkylation sites (tertiary alicyclic amines) is 1. The van der Waals surface area contributed by atoms with Gasteiger partial charge in [-0.3, -0.25) is 9.89 Å². The van der Waals surface area contributed by atoms with Gasteiger partial charge in [-0.25, -0.2) is 0 Å². The minimum atomic E-state index is 0.0206. The fourth-order valence-electron chi connectivity index (χ4n) is 3.08. The number of ether oxygens (including phenoxy) is 2. The van der Waals surface area contributed by atoms with Gasteiger partial charge in [0.25, 0.3) is 5.91 Å². The van der Waals surface area contributed by atoms with Crippen molar-refractivity contribution >= 4 is 5.91 Å². The van der Waals surface area contributed by atoms with Crippen molar-refractivity contribution in [3.63, 3.8) is 0 Å². The van der Waals surface area contributed by atoms with Crippen molar-refractivity contribution < 1.29 is 14.3 Å². The van der Waals surface area contributed by atoms with E-state index < -0.39 is 0 Å². The van der Waals surface area contributed by atoms with Gasteiger partial charge in [0, 0.05) is 38.0 Å². The Balaban J connectivity index is 1.71. The van der Waals surface area contributed by atoms with Gasteiger partial charge >= 0.3 is 0 Å². The summed E-state index contributed by atoms with van der Waals surface area (Å²) < 4.78 is 10.7. The van der Waals surface area contributed by atoms with Crippen LogP contribution in [0.3, 0.4) is 0 Å². The number of carbonyl (C=O) groups excluding carboxylic acids is 1. The molecule has 2 heterocycles. The van der Waals surface area contributed by atoms with Crippen LogP contribution in [-0.4, -0.2) is 54.4 Å². The van der Waals surface area contributed by atoms with Crippen LogP contribution in [0.5, 0.6) is 5.75 Å². The molecular formula is C18H23N3O3. The van der Waals surface area contributed by atoms with Crippen molar-refractivity contribution in [1.29, 1.82) is 0 Å². The normalized spacial score (nSPS) is 17.7. The summed E-state index contributed by atoms with van der Waals surface area (Å²) in [7, 11) is 1.63. The SMILES string of the molecule is COCCOc1ccccc1C(=O)N1CCCC(c2ccn[nH]2)C1. The van der Waals surface area contributed by atoms with Gasteiger partial charge in [0.05, 0.1) is 12.2 Å². The highest BCUT2D eigenvalue weighted by Gasteiger charge is 2.27. The Labute approximate surface area is 141 Å². The summed E-state index contributed by atoms with van der Waals surface area (Å²) in [6.45, 7) is 2.40. The van der Waals surface area contributed by atoms with Crippen LogP contribution in [0.25, 0.3) is 0 Å². The van der Waals surface area contributed by atoms with Crippen molar-refractivity contribution in [2.24, 2.45) is 0 Å². The number of hydrogen-bond donors (Lipinski definition) is 1. The summed E-state index contributed by atoms with van der Waals surface area (Å²) >= 11 is 0. The van der Waals surface area contributed by atoms with Crippen LogP contribution in [0.1, 0.15) is 34.8 Å². The standard InChI is InChI=1S/C18H23N3O3/c1-23-11-12-24-17-7-3-2-6-15(17)18(22)21-10-4-5-14(13-21)16-8-9-19-20-16/h2-3,6-9,14H,4-5,10-13H2,1H3,(H,19,20). The number of rotatable bonds is 6. The zero-order valence-electron chi connectivity index (χ0n) is 13.9. The Kier molecular flexibility index (Phi) is 5.48. The van der Waals surface area contributed by atoms with Gasteiger partial charge in [-0.05, 0) is 31.0 Å². The highest BCUT2D eigenvalue weighted by Crippen LogP contribution is 2.28. The van der Waals surface area contributed by atoms with E-state index in [1.54, 1.807) is 13.3 Å². The monoisotopic (exact) mass is 329 g/mol. The second-order valence-corrected chi connectivity index (χ2v) is 5.94. The summed E-state index contributed by atoms with van der Waals surface area (Å²) in [6.07, 6.45) is 3.81. The van der Waals surface area contributed by atoms with E-state index >= 15 is 0 Å². The number of methoxy groups -OCH3 is 1. The molecule has 24 heavy (non-hydrogen) atoms. The number of para-hydroxylation sites is 1. The number of H-pyrrole nitrogens is 1. The first kappa shape index (κ1) is 16.5. The lowest BCUT2D eigenvalue weighted by Crippen LogP contribution is -2.39. The minimum absolute atomic E-state index is 0.0206. The van der Waals surface area contributed by atoms with Crippen LogP contribution in [-0.2, 0) is 4.74 Å². The van der Waals surface area contributed by atoms with Crippen LogP contribution in [0.2, 0.25) is 0 Å². The summed E-state index contributed by atoms with van der Waals surface area (Å²) in [5.74, 6) is 0.946. The van der Waals surface area contributed by atoms with Gasteiger partial charge in [-0.15, -0.1) is 0 Å². The number of carbonyl (C=O) groups is 1. The molecule has 1 fully saturated rings. The zero-order valence-corrected chi connectivity index (χ0v) is 13.9. The molecular weight excluding hydrogens is 306 g/mol. The fraction of sp³-hybridized carbons (Fsp3) is 0.444. The number of nitrogens with zero attached hydrogens (tertiary/aromatic N) is 2. The molecule has 0 aliphatic carbocycles. The molecule has 1 aromatic heterocycles. The van der Waals surface area contributed by atoms with Crippen molar-refractivity contribution in [2.45, 2.75) is 18.8 Å². The van der Waals surface area contributed by atoms with E-state index in [0.29, 0.717) is 37.0 Å². The average Bonchev–Trinajstić information content (AvgIpc) is 3.17. The first-order valence-electron chi connectivity index (χ1n) is 8.29. The zero-order chi connectivity index (χ0) is 16.8. The predicted molar refractivity (Wildman–Crippen MR) is 90.3 cm³/mol. The third kappa shape index (κ3) is 3.76. The molecule has 6 heteroatoms. The van der Waals surface area contributed by atoms with Crippen LogP contribution in [0.15, 0.2) is 36.5 Å². The Morgan fingerprint density at radius 3 is 3.00 bits per heavy atom. The number of benzene rings is 1.